The third-order valence-electron chi connectivity index (χ3n) is 3.95. The molecule has 21 heavy (non-hydrogen) atoms. The second-order valence-corrected chi connectivity index (χ2v) is 5.47. The first-order chi connectivity index (χ1) is 10.0. The molecule has 3 rings (SSSR count). The number of nitrogens with one attached hydrogen (secondary N) is 1. The summed E-state index contributed by atoms with van der Waals surface area (Å²) in [5.74, 6) is 2.49. The second-order valence-electron chi connectivity index (χ2n) is 5.47. The molecular weight excluding hydrogens is 270 g/mol. The van der Waals surface area contributed by atoms with Crippen LogP contribution in [0.5, 0.6) is 0 Å². The average Bonchev–Trinajstić information content (AvgIpc) is 2.79. The van der Waals surface area contributed by atoms with E-state index < -0.39 is 5.60 Å². The van der Waals surface area contributed by atoms with Crippen molar-refractivity contribution in [2.75, 3.05) is 13.1 Å². The van der Waals surface area contributed by atoms with Gasteiger partial charge < -0.3 is 10.4 Å². The fourth-order valence-electron chi connectivity index (χ4n) is 2.74. The molecular formula is C14H17N5O2. The molecule has 7 nitrogen and oxygen atoms in total. The molecule has 1 aliphatic rings. The first-order valence-corrected chi connectivity index (χ1v) is 6.86. The molecule has 0 bridgehead atoms. The molecule has 1 aliphatic heterocycles. The Bertz CT molecular complexity index is 777. The topological polar surface area (TPSA) is 85.0 Å². The molecule has 0 radical (unpaired) electrons. The van der Waals surface area contributed by atoms with Crippen LogP contribution in [-0.2, 0) is 13.6 Å². The largest absolute Gasteiger partial charge is 0.388 e. The minimum atomic E-state index is -0.881. The molecule has 2 aromatic rings. The van der Waals surface area contributed by atoms with Crippen LogP contribution >= 0.6 is 0 Å². The van der Waals surface area contributed by atoms with Crippen LogP contribution in [0.15, 0.2) is 11.1 Å². The molecule has 2 N–H and O–H groups in total. The number of aromatic nitrogens is 4. The van der Waals surface area contributed by atoms with Crippen molar-refractivity contribution in [2.24, 2.45) is 7.05 Å². The normalized spacial score (nSPS) is 17.8. The molecule has 1 saturated heterocycles. The summed E-state index contributed by atoms with van der Waals surface area (Å²) in [4.78, 5) is 16.7. The van der Waals surface area contributed by atoms with E-state index in [1.165, 1.54) is 15.6 Å². The van der Waals surface area contributed by atoms with E-state index in [0.29, 0.717) is 24.1 Å². The Morgan fingerprint density at radius 3 is 2.86 bits per heavy atom. The monoisotopic (exact) mass is 287 g/mol. The van der Waals surface area contributed by atoms with E-state index in [0.717, 1.165) is 13.1 Å². The number of aryl methyl sites for hydroxylation is 1. The van der Waals surface area contributed by atoms with Gasteiger partial charge in [-0.25, -0.2) is 4.98 Å². The molecule has 110 valence electrons. The van der Waals surface area contributed by atoms with Gasteiger partial charge in [0, 0.05) is 7.05 Å². The molecule has 7 heteroatoms. The maximum Gasteiger partial charge on any atom is 0.281 e. The van der Waals surface area contributed by atoms with Gasteiger partial charge in [0.05, 0.1) is 18.5 Å². The van der Waals surface area contributed by atoms with Gasteiger partial charge in [-0.2, -0.15) is 5.10 Å². The highest BCUT2D eigenvalue weighted by molar-refractivity contribution is 5.78. The summed E-state index contributed by atoms with van der Waals surface area (Å²) in [6, 6.07) is 0. The number of fused-ring (bicyclic) bond motifs is 1. The molecule has 0 unspecified atom stereocenters. The quantitative estimate of drug-likeness (QED) is 0.708. The molecule has 0 aliphatic carbocycles. The summed E-state index contributed by atoms with van der Waals surface area (Å²) in [5, 5.41) is 17.9. The van der Waals surface area contributed by atoms with Gasteiger partial charge in [-0.3, -0.25) is 14.0 Å². The van der Waals surface area contributed by atoms with Crippen LogP contribution in [0.25, 0.3) is 11.0 Å². The maximum absolute atomic E-state index is 12.5. The van der Waals surface area contributed by atoms with Crippen molar-refractivity contribution < 1.29 is 5.11 Å². The number of aliphatic hydroxyl groups is 1. The highest BCUT2D eigenvalue weighted by Crippen LogP contribution is 2.20. The summed E-state index contributed by atoms with van der Waals surface area (Å²) < 4.78 is 2.89. The SMILES string of the molecule is C#Cc1c2ncn(CC3(O)CCNCC3)c(=O)c2nn1C. The molecule has 0 amide bonds. The minimum absolute atomic E-state index is 0.221. The smallest absolute Gasteiger partial charge is 0.281 e. The summed E-state index contributed by atoms with van der Waals surface area (Å²) in [7, 11) is 1.68. The Labute approximate surface area is 121 Å². The van der Waals surface area contributed by atoms with Gasteiger partial charge >= 0.3 is 0 Å². The number of hydrogen-bond acceptors (Lipinski definition) is 5. The van der Waals surface area contributed by atoms with Crippen molar-refractivity contribution in [3.8, 4) is 12.3 Å². The van der Waals surface area contributed by atoms with Gasteiger partial charge in [0.25, 0.3) is 5.56 Å². The van der Waals surface area contributed by atoms with Crippen LogP contribution in [0.2, 0.25) is 0 Å². The lowest BCUT2D eigenvalue weighted by Crippen LogP contribution is -2.46. The van der Waals surface area contributed by atoms with Crippen LogP contribution in [0.4, 0.5) is 0 Å². The first kappa shape index (κ1) is 13.8. The average molecular weight is 287 g/mol. The summed E-state index contributed by atoms with van der Waals surface area (Å²) in [5.41, 5.74) is -0.00309. The van der Waals surface area contributed by atoms with Gasteiger partial charge in [0.1, 0.15) is 11.2 Å². The van der Waals surface area contributed by atoms with Crippen LogP contribution in [-0.4, -0.2) is 43.1 Å². The Balaban J connectivity index is 2.03. The van der Waals surface area contributed by atoms with Gasteiger partial charge in [-0.1, -0.05) is 0 Å². The highest BCUT2D eigenvalue weighted by atomic mass is 16.3. The maximum atomic E-state index is 12.5. The lowest BCUT2D eigenvalue weighted by atomic mass is 9.92. The molecule has 2 aromatic heterocycles. The number of hydrogen-bond donors (Lipinski definition) is 2. The van der Waals surface area contributed by atoms with Crippen LogP contribution < -0.4 is 10.9 Å². The summed E-state index contributed by atoms with van der Waals surface area (Å²) in [6.45, 7) is 1.70. The number of rotatable bonds is 2. The van der Waals surface area contributed by atoms with E-state index in [1.54, 1.807) is 7.05 Å². The molecule has 0 atom stereocenters. The fraction of sp³-hybridized carbons (Fsp3) is 0.500. The van der Waals surface area contributed by atoms with Crippen molar-refractivity contribution in [2.45, 2.75) is 25.0 Å². The number of terminal acetylenes is 1. The molecule has 3 heterocycles. The van der Waals surface area contributed by atoms with Crippen LogP contribution in [0.3, 0.4) is 0 Å². The van der Waals surface area contributed by atoms with E-state index in [9.17, 15) is 9.90 Å². The Morgan fingerprint density at radius 1 is 1.48 bits per heavy atom. The zero-order valence-electron chi connectivity index (χ0n) is 11.8. The number of piperidine rings is 1. The lowest BCUT2D eigenvalue weighted by Gasteiger charge is -2.32. The highest BCUT2D eigenvalue weighted by Gasteiger charge is 2.30. The van der Waals surface area contributed by atoms with Crippen LogP contribution in [0, 0.1) is 12.3 Å². The van der Waals surface area contributed by atoms with E-state index >= 15 is 0 Å². The van der Waals surface area contributed by atoms with Crippen LogP contribution in [0.1, 0.15) is 18.5 Å². The summed E-state index contributed by atoms with van der Waals surface area (Å²) >= 11 is 0. The molecule has 0 spiro atoms. The lowest BCUT2D eigenvalue weighted by molar-refractivity contribution is -0.00628. The Kier molecular flexibility index (Phi) is 3.27. The standard InChI is InChI=1S/C14H17N5O2/c1-3-10-11-12(17-18(10)2)13(20)19(9-16-11)8-14(21)4-6-15-7-5-14/h1,9,15,21H,4-8H2,2H3. The van der Waals surface area contributed by atoms with E-state index in [-0.39, 0.29) is 17.6 Å². The van der Waals surface area contributed by atoms with Gasteiger partial charge in [-0.15, -0.1) is 6.42 Å². The van der Waals surface area contributed by atoms with E-state index in [1.807, 2.05) is 0 Å². The van der Waals surface area contributed by atoms with E-state index in [2.05, 4.69) is 21.3 Å². The Hall–Kier alpha value is -2.17. The molecule has 0 aromatic carbocycles. The fourth-order valence-corrected chi connectivity index (χ4v) is 2.74. The third-order valence-corrected chi connectivity index (χ3v) is 3.95. The predicted octanol–water partition coefficient (Wildman–Crippen LogP) is -0.774. The van der Waals surface area contributed by atoms with Crippen molar-refractivity contribution in [1.82, 2.24) is 24.6 Å². The minimum Gasteiger partial charge on any atom is -0.388 e. The van der Waals surface area contributed by atoms with Gasteiger partial charge in [0.2, 0.25) is 0 Å². The molecule has 1 fully saturated rings. The van der Waals surface area contributed by atoms with Crippen molar-refractivity contribution in [3.05, 3.63) is 22.4 Å². The number of nitrogens with zero attached hydrogens (tertiary/aromatic N) is 4. The van der Waals surface area contributed by atoms with Crippen molar-refractivity contribution >= 4 is 11.0 Å². The van der Waals surface area contributed by atoms with Crippen molar-refractivity contribution in [1.29, 1.82) is 0 Å². The molecule has 0 saturated carbocycles. The summed E-state index contributed by atoms with van der Waals surface area (Å²) in [6.07, 6.45) is 8.06. The Morgan fingerprint density at radius 2 is 2.19 bits per heavy atom. The first-order valence-electron chi connectivity index (χ1n) is 6.86. The van der Waals surface area contributed by atoms with E-state index in [4.69, 9.17) is 6.42 Å². The third kappa shape index (κ3) is 2.33. The predicted molar refractivity (Wildman–Crippen MR) is 77.8 cm³/mol. The van der Waals surface area contributed by atoms with Gasteiger partial charge in [0.15, 0.2) is 5.52 Å². The van der Waals surface area contributed by atoms with Crippen molar-refractivity contribution in [3.63, 3.8) is 0 Å². The zero-order valence-corrected chi connectivity index (χ0v) is 11.8. The zero-order chi connectivity index (χ0) is 15.0. The second kappa shape index (κ2) is 4.98. The van der Waals surface area contributed by atoms with Gasteiger partial charge in [-0.05, 0) is 31.9 Å².